The van der Waals surface area contributed by atoms with Gasteiger partial charge < -0.3 is 19.7 Å². The predicted octanol–water partition coefficient (Wildman–Crippen LogP) is 7.43. The summed E-state index contributed by atoms with van der Waals surface area (Å²) in [6.45, 7) is -0.938. The molecule has 0 unspecified atom stereocenters. The molecule has 0 aromatic heterocycles. The molecule has 1 aliphatic carbocycles. The van der Waals surface area contributed by atoms with Gasteiger partial charge in [0.1, 0.15) is 18.4 Å². The van der Waals surface area contributed by atoms with Gasteiger partial charge in [-0.05, 0) is 66.9 Å². The lowest BCUT2D eigenvalue weighted by Crippen LogP contribution is -2.55. The SMILES string of the molecule is COc1ccc(S(=O)(=O)N(CC(=O)N(Cc2c(Cl)cccc2Cl)[C@H](Cc2ccccc2)C(=O)NC2CCCCC2)c2ccc(F)cc2)cc1OC. The third-order valence-corrected chi connectivity index (χ3v) is 11.4. The number of hydrogen-bond acceptors (Lipinski definition) is 6. The highest BCUT2D eigenvalue weighted by Gasteiger charge is 2.36. The van der Waals surface area contributed by atoms with Gasteiger partial charge >= 0.3 is 0 Å². The van der Waals surface area contributed by atoms with Crippen LogP contribution in [0.4, 0.5) is 10.1 Å². The zero-order valence-electron chi connectivity index (χ0n) is 28.4. The van der Waals surface area contributed by atoms with Crippen LogP contribution < -0.4 is 19.1 Å². The summed E-state index contributed by atoms with van der Waals surface area (Å²) in [7, 11) is -1.70. The van der Waals surface area contributed by atoms with E-state index in [-0.39, 0.29) is 51.3 Å². The van der Waals surface area contributed by atoms with Crippen molar-refractivity contribution in [1.82, 2.24) is 10.2 Å². The van der Waals surface area contributed by atoms with Crippen molar-refractivity contribution in [2.75, 3.05) is 25.1 Å². The fourth-order valence-corrected chi connectivity index (χ4v) is 8.14. The molecule has 4 aromatic rings. The van der Waals surface area contributed by atoms with Gasteiger partial charge in [0, 0.05) is 40.7 Å². The van der Waals surface area contributed by atoms with E-state index in [0.29, 0.717) is 11.3 Å². The first-order chi connectivity index (χ1) is 24.5. The second-order valence-electron chi connectivity index (χ2n) is 12.3. The lowest BCUT2D eigenvalue weighted by Gasteiger charge is -2.35. The Morgan fingerprint density at radius 3 is 2.14 bits per heavy atom. The Kier molecular flexibility index (Phi) is 12.8. The van der Waals surface area contributed by atoms with Crippen LogP contribution >= 0.6 is 23.2 Å². The second-order valence-corrected chi connectivity index (χ2v) is 15.0. The zero-order chi connectivity index (χ0) is 36.5. The molecule has 9 nitrogen and oxygen atoms in total. The molecule has 2 amide bonds. The first-order valence-electron chi connectivity index (χ1n) is 16.6. The maximum absolute atomic E-state index is 14.8. The van der Waals surface area contributed by atoms with E-state index in [9.17, 15) is 22.4 Å². The highest BCUT2D eigenvalue weighted by molar-refractivity contribution is 7.92. The summed E-state index contributed by atoms with van der Waals surface area (Å²) >= 11 is 13.2. The molecule has 13 heteroatoms. The average Bonchev–Trinajstić information content (AvgIpc) is 3.13. The Morgan fingerprint density at radius 2 is 1.51 bits per heavy atom. The number of carbonyl (C=O) groups is 2. The number of amides is 2. The van der Waals surface area contributed by atoms with Crippen LogP contribution in [0.5, 0.6) is 11.5 Å². The maximum Gasteiger partial charge on any atom is 0.264 e. The Bertz CT molecular complexity index is 1910. The number of ether oxygens (including phenoxy) is 2. The van der Waals surface area contributed by atoms with Crippen LogP contribution in [0.2, 0.25) is 10.0 Å². The zero-order valence-corrected chi connectivity index (χ0v) is 30.7. The molecular weight excluding hydrogens is 716 g/mol. The quantitative estimate of drug-likeness (QED) is 0.144. The largest absolute Gasteiger partial charge is 0.493 e. The molecule has 1 atom stereocenters. The molecule has 0 saturated heterocycles. The molecular formula is C38H40Cl2FN3O6S. The molecule has 1 aliphatic rings. The van der Waals surface area contributed by atoms with Gasteiger partial charge in [0.05, 0.1) is 24.8 Å². The number of nitrogens with one attached hydrogen (secondary N) is 1. The van der Waals surface area contributed by atoms with E-state index < -0.39 is 34.3 Å². The van der Waals surface area contributed by atoms with E-state index >= 15 is 0 Å². The van der Waals surface area contributed by atoms with Gasteiger partial charge in [0.15, 0.2) is 11.5 Å². The summed E-state index contributed by atoms with van der Waals surface area (Å²) < 4.78 is 54.5. The number of halogens is 3. The van der Waals surface area contributed by atoms with E-state index in [0.717, 1.165) is 54.1 Å². The fourth-order valence-electron chi connectivity index (χ4n) is 6.19. The van der Waals surface area contributed by atoms with Crippen LogP contribution in [0, 0.1) is 5.82 Å². The van der Waals surface area contributed by atoms with Crippen LogP contribution in [0.3, 0.4) is 0 Å². The summed E-state index contributed by atoms with van der Waals surface area (Å²) in [5.41, 5.74) is 1.22. The Hall–Kier alpha value is -4.32. The van der Waals surface area contributed by atoms with Crippen molar-refractivity contribution in [2.24, 2.45) is 0 Å². The first kappa shape index (κ1) is 37.9. The van der Waals surface area contributed by atoms with Gasteiger partial charge in [-0.25, -0.2) is 12.8 Å². The first-order valence-corrected chi connectivity index (χ1v) is 18.8. The van der Waals surface area contributed by atoms with Crippen molar-refractivity contribution in [3.8, 4) is 11.5 Å². The van der Waals surface area contributed by atoms with E-state index in [1.165, 1.54) is 49.5 Å². The van der Waals surface area contributed by atoms with Gasteiger partial charge in [-0.15, -0.1) is 0 Å². The number of rotatable bonds is 14. The third kappa shape index (κ3) is 9.32. The molecule has 1 saturated carbocycles. The number of nitrogens with zero attached hydrogens (tertiary/aromatic N) is 2. The summed E-state index contributed by atoms with van der Waals surface area (Å²) in [6, 6.07) is 21.9. The smallest absolute Gasteiger partial charge is 0.264 e. The van der Waals surface area contributed by atoms with Crippen LogP contribution in [-0.4, -0.2) is 58.0 Å². The minimum atomic E-state index is -4.49. The normalized spacial score (nSPS) is 14.0. The Balaban J connectivity index is 1.60. The molecule has 51 heavy (non-hydrogen) atoms. The van der Waals surface area contributed by atoms with E-state index in [2.05, 4.69) is 5.32 Å². The molecule has 270 valence electrons. The second kappa shape index (κ2) is 17.3. The minimum Gasteiger partial charge on any atom is -0.493 e. The lowest BCUT2D eigenvalue weighted by molar-refractivity contribution is -0.140. The highest BCUT2D eigenvalue weighted by Crippen LogP contribution is 2.33. The molecule has 1 N–H and O–H groups in total. The fraction of sp³-hybridized carbons (Fsp3) is 0.316. The number of benzene rings is 4. The molecule has 0 radical (unpaired) electrons. The van der Waals surface area contributed by atoms with Crippen molar-refractivity contribution < 1.29 is 31.9 Å². The molecule has 5 rings (SSSR count). The summed E-state index contributed by atoms with van der Waals surface area (Å²) in [5, 5.41) is 3.72. The van der Waals surface area contributed by atoms with E-state index in [4.69, 9.17) is 32.7 Å². The van der Waals surface area contributed by atoms with E-state index in [1.807, 2.05) is 30.3 Å². The van der Waals surface area contributed by atoms with Crippen LogP contribution in [0.15, 0.2) is 95.9 Å². The molecule has 0 spiro atoms. The van der Waals surface area contributed by atoms with Gasteiger partial charge in [0.25, 0.3) is 10.0 Å². The molecule has 0 aliphatic heterocycles. The van der Waals surface area contributed by atoms with Crippen molar-refractivity contribution in [2.45, 2.75) is 62.0 Å². The topological polar surface area (TPSA) is 105 Å². The number of anilines is 1. The third-order valence-electron chi connectivity index (χ3n) is 8.95. The summed E-state index contributed by atoms with van der Waals surface area (Å²) in [6.07, 6.45) is 4.81. The maximum atomic E-state index is 14.8. The van der Waals surface area contributed by atoms with Gasteiger partial charge in [0.2, 0.25) is 11.8 Å². The monoisotopic (exact) mass is 755 g/mol. The summed E-state index contributed by atoms with van der Waals surface area (Å²) in [5.74, 6) is -1.22. The van der Waals surface area contributed by atoms with Gasteiger partial charge in [-0.1, -0.05) is 78.9 Å². The Morgan fingerprint density at radius 1 is 0.863 bits per heavy atom. The Labute approximate surface area is 308 Å². The summed E-state index contributed by atoms with van der Waals surface area (Å²) in [4.78, 5) is 30.2. The lowest BCUT2D eigenvalue weighted by atomic mass is 9.94. The number of hydrogen-bond donors (Lipinski definition) is 1. The minimum absolute atomic E-state index is 0.0292. The number of methoxy groups -OCH3 is 2. The van der Waals surface area contributed by atoms with Crippen LogP contribution in [0.1, 0.15) is 43.2 Å². The molecule has 0 heterocycles. The van der Waals surface area contributed by atoms with Crippen LogP contribution in [0.25, 0.3) is 0 Å². The van der Waals surface area contributed by atoms with Gasteiger partial charge in [-0.2, -0.15) is 0 Å². The van der Waals surface area contributed by atoms with Gasteiger partial charge in [-0.3, -0.25) is 13.9 Å². The predicted molar refractivity (Wildman–Crippen MR) is 196 cm³/mol. The molecule has 1 fully saturated rings. The highest BCUT2D eigenvalue weighted by atomic mass is 35.5. The van der Waals surface area contributed by atoms with Crippen molar-refractivity contribution in [3.63, 3.8) is 0 Å². The van der Waals surface area contributed by atoms with Crippen molar-refractivity contribution in [1.29, 1.82) is 0 Å². The van der Waals surface area contributed by atoms with Crippen molar-refractivity contribution in [3.05, 3.63) is 118 Å². The van der Waals surface area contributed by atoms with E-state index in [1.54, 1.807) is 18.2 Å². The average molecular weight is 757 g/mol. The van der Waals surface area contributed by atoms with Crippen LogP contribution in [-0.2, 0) is 32.6 Å². The molecule has 0 bridgehead atoms. The number of carbonyl (C=O) groups excluding carboxylic acids is 2. The standard InChI is InChI=1S/C38H40Cl2FN3O6S/c1-49-35-21-20-30(23-36(35)50-2)51(47,48)44(29-18-16-27(41)17-19-29)25-37(45)43(24-31-32(39)14-9-15-33(31)40)34(22-26-10-5-3-6-11-26)38(46)42-28-12-7-4-8-13-28/h3,5-6,9-11,14-21,23,28,34H,4,7-8,12-13,22,24-25H2,1-2H3,(H,42,46)/t34-/m1/s1. The molecule has 4 aromatic carbocycles. The van der Waals surface area contributed by atoms with Crippen molar-refractivity contribution >= 4 is 50.7 Å². The number of sulfonamides is 1.